The highest BCUT2D eigenvalue weighted by Gasteiger charge is 2.29. The number of nitrogens with one attached hydrogen (secondary N) is 1. The van der Waals surface area contributed by atoms with Crippen molar-refractivity contribution in [1.82, 2.24) is 9.62 Å². The van der Waals surface area contributed by atoms with E-state index in [1.54, 1.807) is 23.9 Å². The molecule has 128 valence electrons. The Morgan fingerprint density at radius 2 is 1.87 bits per heavy atom. The van der Waals surface area contributed by atoms with Gasteiger partial charge >= 0.3 is 0 Å². The van der Waals surface area contributed by atoms with Gasteiger partial charge in [0.25, 0.3) is 0 Å². The van der Waals surface area contributed by atoms with Crippen molar-refractivity contribution in [2.45, 2.75) is 37.1 Å². The van der Waals surface area contributed by atoms with Crippen molar-refractivity contribution in [3.8, 4) is 0 Å². The van der Waals surface area contributed by atoms with E-state index in [0.717, 1.165) is 11.3 Å². The molecule has 2 rings (SSSR count). The number of benzene rings is 1. The molecular formula is C16H24N2O3S2. The molecule has 7 heteroatoms. The summed E-state index contributed by atoms with van der Waals surface area (Å²) in [6, 6.07) is 7.01. The molecule has 1 aromatic carbocycles. The molecule has 0 radical (unpaired) electrons. The number of sulfonamides is 1. The highest BCUT2D eigenvalue weighted by atomic mass is 32.2. The van der Waals surface area contributed by atoms with E-state index in [9.17, 15) is 13.2 Å². The lowest BCUT2D eigenvalue weighted by molar-refractivity contribution is -0.121. The molecule has 0 aliphatic carbocycles. The summed E-state index contributed by atoms with van der Waals surface area (Å²) in [6.45, 7) is 2.83. The molecule has 5 nitrogen and oxygen atoms in total. The van der Waals surface area contributed by atoms with Crippen molar-refractivity contribution >= 4 is 27.7 Å². The summed E-state index contributed by atoms with van der Waals surface area (Å²) in [5.74, 6) is 0.867. The van der Waals surface area contributed by atoms with Crippen LogP contribution in [0.4, 0.5) is 0 Å². The highest BCUT2D eigenvalue weighted by molar-refractivity contribution is 7.98. The SMILES string of the molecule is CSCCC(=O)NC1CCN(S(=O)(=O)c2ccc(C)cc2)CC1. The van der Waals surface area contributed by atoms with Crippen LogP contribution in [-0.2, 0) is 14.8 Å². The molecule has 0 atom stereocenters. The molecule has 0 unspecified atom stereocenters. The number of nitrogens with zero attached hydrogens (tertiary/aromatic N) is 1. The molecular weight excluding hydrogens is 332 g/mol. The zero-order valence-corrected chi connectivity index (χ0v) is 15.3. The minimum Gasteiger partial charge on any atom is -0.353 e. The van der Waals surface area contributed by atoms with Crippen LogP contribution in [0, 0.1) is 6.92 Å². The van der Waals surface area contributed by atoms with Gasteiger partial charge < -0.3 is 5.32 Å². The maximum absolute atomic E-state index is 12.6. The van der Waals surface area contributed by atoms with Crippen LogP contribution in [0.1, 0.15) is 24.8 Å². The molecule has 0 spiro atoms. The Bertz CT molecular complexity index is 621. The summed E-state index contributed by atoms with van der Waals surface area (Å²) < 4.78 is 26.7. The van der Waals surface area contributed by atoms with E-state index in [0.29, 0.717) is 37.2 Å². The number of rotatable bonds is 6. The average molecular weight is 357 g/mol. The molecule has 1 aliphatic rings. The molecule has 1 aliphatic heterocycles. The number of thioether (sulfide) groups is 1. The standard InChI is InChI=1S/C16H24N2O3S2/c1-13-3-5-15(6-4-13)23(20,21)18-10-7-14(8-11-18)17-16(19)9-12-22-2/h3-6,14H,7-12H2,1-2H3,(H,17,19). The third kappa shape index (κ3) is 4.96. The third-order valence-electron chi connectivity index (χ3n) is 4.01. The van der Waals surface area contributed by atoms with Gasteiger partial charge in [-0.3, -0.25) is 4.79 Å². The van der Waals surface area contributed by atoms with E-state index in [4.69, 9.17) is 0 Å². The van der Waals surface area contributed by atoms with Gasteiger partial charge in [0.1, 0.15) is 0 Å². The molecule has 1 fully saturated rings. The quantitative estimate of drug-likeness (QED) is 0.847. The third-order valence-corrected chi connectivity index (χ3v) is 6.54. The van der Waals surface area contributed by atoms with Crippen LogP contribution in [0.3, 0.4) is 0 Å². The maximum atomic E-state index is 12.6. The average Bonchev–Trinajstić information content (AvgIpc) is 2.54. The molecule has 0 aromatic heterocycles. The zero-order valence-electron chi connectivity index (χ0n) is 13.6. The molecule has 1 amide bonds. The van der Waals surface area contributed by atoms with Crippen molar-refractivity contribution in [3.05, 3.63) is 29.8 Å². The van der Waals surface area contributed by atoms with Crippen molar-refractivity contribution < 1.29 is 13.2 Å². The summed E-state index contributed by atoms with van der Waals surface area (Å²) in [7, 11) is -3.43. The van der Waals surface area contributed by atoms with Gasteiger partial charge in [-0.05, 0) is 38.2 Å². The smallest absolute Gasteiger partial charge is 0.243 e. The van der Waals surface area contributed by atoms with E-state index in [-0.39, 0.29) is 11.9 Å². The summed E-state index contributed by atoms with van der Waals surface area (Å²) in [6.07, 6.45) is 3.82. The van der Waals surface area contributed by atoms with Crippen LogP contribution in [-0.4, -0.2) is 49.8 Å². The van der Waals surface area contributed by atoms with Crippen molar-refractivity contribution in [3.63, 3.8) is 0 Å². The number of carbonyl (C=O) groups is 1. The Morgan fingerprint density at radius 3 is 2.43 bits per heavy atom. The second-order valence-electron chi connectivity index (χ2n) is 5.80. The Kier molecular flexibility index (Phi) is 6.50. The first kappa shape index (κ1) is 18.3. The fraction of sp³-hybridized carbons (Fsp3) is 0.562. The minimum atomic E-state index is -3.43. The first-order valence-electron chi connectivity index (χ1n) is 7.78. The first-order valence-corrected chi connectivity index (χ1v) is 10.6. The normalized spacial score (nSPS) is 17.1. The summed E-state index contributed by atoms with van der Waals surface area (Å²) in [4.78, 5) is 12.1. The van der Waals surface area contributed by atoms with Gasteiger partial charge in [-0.1, -0.05) is 17.7 Å². The first-order chi connectivity index (χ1) is 10.9. The van der Waals surface area contributed by atoms with E-state index in [1.165, 1.54) is 4.31 Å². The monoisotopic (exact) mass is 356 g/mol. The molecule has 1 saturated heterocycles. The second kappa shape index (κ2) is 8.17. The van der Waals surface area contributed by atoms with Crippen LogP contribution in [0.5, 0.6) is 0 Å². The lowest BCUT2D eigenvalue weighted by atomic mass is 10.1. The number of aryl methyl sites for hydroxylation is 1. The van der Waals surface area contributed by atoms with Crippen LogP contribution in [0.2, 0.25) is 0 Å². The van der Waals surface area contributed by atoms with Crippen molar-refractivity contribution in [1.29, 1.82) is 0 Å². The van der Waals surface area contributed by atoms with Crippen LogP contribution in [0.15, 0.2) is 29.2 Å². The predicted octanol–water partition coefficient (Wildman–Crippen LogP) is 2.02. The molecule has 0 bridgehead atoms. The van der Waals surface area contributed by atoms with Crippen molar-refractivity contribution in [2.75, 3.05) is 25.1 Å². The summed E-state index contributed by atoms with van der Waals surface area (Å²) in [5.41, 5.74) is 1.04. The number of piperidine rings is 1. The highest BCUT2D eigenvalue weighted by Crippen LogP contribution is 2.21. The fourth-order valence-electron chi connectivity index (χ4n) is 2.59. The minimum absolute atomic E-state index is 0.0548. The number of carbonyl (C=O) groups excluding carboxylic acids is 1. The largest absolute Gasteiger partial charge is 0.353 e. The van der Waals surface area contributed by atoms with Gasteiger partial charge in [-0.15, -0.1) is 0 Å². The van der Waals surface area contributed by atoms with Crippen molar-refractivity contribution in [2.24, 2.45) is 0 Å². The zero-order chi connectivity index (χ0) is 16.9. The second-order valence-corrected chi connectivity index (χ2v) is 8.73. The van der Waals surface area contributed by atoms with Crippen LogP contribution in [0.25, 0.3) is 0 Å². The van der Waals surface area contributed by atoms with E-state index in [1.807, 2.05) is 25.3 Å². The van der Waals surface area contributed by atoms with E-state index in [2.05, 4.69) is 5.32 Å². The molecule has 1 aromatic rings. The van der Waals surface area contributed by atoms with Gasteiger partial charge in [0.05, 0.1) is 4.90 Å². The Hall–Kier alpha value is -1.05. The van der Waals surface area contributed by atoms with Gasteiger partial charge in [-0.25, -0.2) is 8.42 Å². The lowest BCUT2D eigenvalue weighted by Crippen LogP contribution is -2.46. The number of hydrogen-bond donors (Lipinski definition) is 1. The van der Waals surface area contributed by atoms with Gasteiger partial charge in [0, 0.05) is 31.3 Å². The Labute approximate surface area is 142 Å². The van der Waals surface area contributed by atoms with Gasteiger partial charge in [-0.2, -0.15) is 16.1 Å². The molecule has 0 saturated carbocycles. The maximum Gasteiger partial charge on any atom is 0.243 e. The Balaban J connectivity index is 1.91. The fourth-order valence-corrected chi connectivity index (χ4v) is 4.45. The molecule has 1 N–H and O–H groups in total. The Morgan fingerprint density at radius 1 is 1.26 bits per heavy atom. The molecule has 1 heterocycles. The lowest BCUT2D eigenvalue weighted by Gasteiger charge is -2.31. The van der Waals surface area contributed by atoms with Crippen LogP contribution < -0.4 is 5.32 Å². The number of hydrogen-bond acceptors (Lipinski definition) is 4. The summed E-state index contributed by atoms with van der Waals surface area (Å²) >= 11 is 1.65. The van der Waals surface area contributed by atoms with Gasteiger partial charge in [0.15, 0.2) is 0 Å². The number of amides is 1. The van der Waals surface area contributed by atoms with E-state index >= 15 is 0 Å². The van der Waals surface area contributed by atoms with E-state index < -0.39 is 10.0 Å². The molecule has 23 heavy (non-hydrogen) atoms. The van der Waals surface area contributed by atoms with Crippen LogP contribution >= 0.6 is 11.8 Å². The summed E-state index contributed by atoms with van der Waals surface area (Å²) in [5, 5.41) is 3.00. The van der Waals surface area contributed by atoms with Gasteiger partial charge in [0.2, 0.25) is 15.9 Å². The predicted molar refractivity (Wildman–Crippen MR) is 94.1 cm³/mol. The topological polar surface area (TPSA) is 66.5 Å².